The normalized spacial score (nSPS) is 15.0. The summed E-state index contributed by atoms with van der Waals surface area (Å²) >= 11 is 0. The molecule has 0 aliphatic heterocycles. The second kappa shape index (κ2) is 7.83. The molecule has 2 N–H and O–H groups in total. The zero-order valence-corrected chi connectivity index (χ0v) is 15.7. The number of nitrogens with zero attached hydrogens (tertiary/aromatic N) is 2. The van der Waals surface area contributed by atoms with Gasteiger partial charge in [0, 0.05) is 24.5 Å². The summed E-state index contributed by atoms with van der Waals surface area (Å²) in [4.78, 5) is 31.0. The molecule has 0 saturated heterocycles. The Morgan fingerprint density at radius 2 is 1.97 bits per heavy atom. The minimum atomic E-state index is -0.549. The third kappa shape index (κ3) is 3.74. The number of pyridine rings is 1. The van der Waals surface area contributed by atoms with Gasteiger partial charge in [-0.05, 0) is 59.9 Å². The first kappa shape index (κ1) is 18.8. The lowest BCUT2D eigenvalue weighted by atomic mass is 10.0. The Morgan fingerprint density at radius 3 is 2.72 bits per heavy atom. The number of fused-ring (bicyclic) bond motifs is 1. The molecule has 0 radical (unpaired) electrons. The highest BCUT2D eigenvalue weighted by molar-refractivity contribution is 5.96. The van der Waals surface area contributed by atoms with Crippen LogP contribution in [0.15, 0.2) is 67.0 Å². The number of hydrogen-bond donors (Lipinski definition) is 1. The summed E-state index contributed by atoms with van der Waals surface area (Å²) in [6, 6.07) is 14.8. The largest absolute Gasteiger partial charge is 0.366 e. The number of aryl methyl sites for hydroxylation is 1. The third-order valence-corrected chi connectivity index (χ3v) is 5.32. The summed E-state index contributed by atoms with van der Waals surface area (Å²) in [5.74, 6) is -1.10. The SMILES string of the molecule is NC(=O)c1ccccc1CN(C(=O)c1cccnc1)[C@@H]1CCc2ccc(F)cc21. The molecule has 0 saturated carbocycles. The second-order valence-corrected chi connectivity index (χ2v) is 7.09. The van der Waals surface area contributed by atoms with E-state index in [1.54, 1.807) is 53.6 Å². The van der Waals surface area contributed by atoms with Crippen LogP contribution in [0.4, 0.5) is 4.39 Å². The van der Waals surface area contributed by atoms with Crippen molar-refractivity contribution >= 4 is 11.8 Å². The molecule has 2 amide bonds. The van der Waals surface area contributed by atoms with Crippen LogP contribution < -0.4 is 5.73 Å². The molecule has 146 valence electrons. The molecule has 29 heavy (non-hydrogen) atoms. The monoisotopic (exact) mass is 389 g/mol. The van der Waals surface area contributed by atoms with Crippen molar-refractivity contribution in [3.8, 4) is 0 Å². The molecular weight excluding hydrogens is 369 g/mol. The maximum Gasteiger partial charge on any atom is 0.256 e. The molecule has 5 nitrogen and oxygen atoms in total. The third-order valence-electron chi connectivity index (χ3n) is 5.32. The van der Waals surface area contributed by atoms with Crippen LogP contribution in [0.2, 0.25) is 0 Å². The van der Waals surface area contributed by atoms with E-state index in [9.17, 15) is 14.0 Å². The molecule has 0 spiro atoms. The van der Waals surface area contributed by atoms with Gasteiger partial charge in [0.25, 0.3) is 5.91 Å². The highest BCUT2D eigenvalue weighted by atomic mass is 19.1. The van der Waals surface area contributed by atoms with Crippen molar-refractivity contribution in [2.75, 3.05) is 0 Å². The minimum absolute atomic E-state index is 0.188. The van der Waals surface area contributed by atoms with Crippen LogP contribution in [0.1, 0.15) is 49.9 Å². The Kier molecular flexibility index (Phi) is 5.08. The van der Waals surface area contributed by atoms with E-state index in [-0.39, 0.29) is 24.3 Å². The van der Waals surface area contributed by atoms with Crippen LogP contribution in [-0.4, -0.2) is 21.7 Å². The van der Waals surface area contributed by atoms with Crippen molar-refractivity contribution < 1.29 is 14.0 Å². The fourth-order valence-electron chi connectivity index (χ4n) is 3.94. The molecule has 0 unspecified atom stereocenters. The Hall–Kier alpha value is -3.54. The molecule has 1 aliphatic rings. The zero-order valence-electron chi connectivity index (χ0n) is 15.7. The number of nitrogens with two attached hydrogens (primary N) is 1. The molecule has 0 fully saturated rings. The van der Waals surface area contributed by atoms with E-state index in [1.165, 1.54) is 18.3 Å². The standard InChI is InChI=1S/C23H20FN3O2/c24-18-9-7-15-8-10-21(20(15)12-18)27(23(29)16-5-3-11-26-13-16)14-17-4-1-2-6-19(17)22(25)28/h1-7,9,11-13,21H,8,10,14H2,(H2,25,28)/t21-/m1/s1. The van der Waals surface area contributed by atoms with Crippen molar-refractivity contribution in [2.45, 2.75) is 25.4 Å². The van der Waals surface area contributed by atoms with Crippen LogP contribution >= 0.6 is 0 Å². The van der Waals surface area contributed by atoms with Crippen LogP contribution in [0, 0.1) is 5.82 Å². The van der Waals surface area contributed by atoms with E-state index in [2.05, 4.69) is 4.98 Å². The summed E-state index contributed by atoms with van der Waals surface area (Å²) in [6.45, 7) is 0.188. The first-order chi connectivity index (χ1) is 14.0. The zero-order chi connectivity index (χ0) is 20.4. The number of carbonyl (C=O) groups excluding carboxylic acids is 2. The molecule has 4 rings (SSSR count). The van der Waals surface area contributed by atoms with Crippen molar-refractivity contribution in [3.63, 3.8) is 0 Å². The smallest absolute Gasteiger partial charge is 0.256 e. The summed E-state index contributed by atoms with van der Waals surface area (Å²) < 4.78 is 13.9. The predicted molar refractivity (Wildman–Crippen MR) is 107 cm³/mol. The van der Waals surface area contributed by atoms with Crippen LogP contribution in [0.3, 0.4) is 0 Å². The van der Waals surface area contributed by atoms with E-state index < -0.39 is 5.91 Å². The molecule has 6 heteroatoms. The van der Waals surface area contributed by atoms with Gasteiger partial charge in [-0.15, -0.1) is 0 Å². The topological polar surface area (TPSA) is 76.3 Å². The van der Waals surface area contributed by atoms with Gasteiger partial charge in [0.05, 0.1) is 11.6 Å². The Morgan fingerprint density at radius 1 is 1.14 bits per heavy atom. The fraction of sp³-hybridized carbons (Fsp3) is 0.174. The first-order valence-corrected chi connectivity index (χ1v) is 9.41. The van der Waals surface area contributed by atoms with E-state index in [0.29, 0.717) is 23.1 Å². The number of carbonyl (C=O) groups is 2. The fourth-order valence-corrected chi connectivity index (χ4v) is 3.94. The summed E-state index contributed by atoms with van der Waals surface area (Å²) in [5, 5.41) is 0. The molecule has 1 aliphatic carbocycles. The van der Waals surface area contributed by atoms with Gasteiger partial charge in [-0.1, -0.05) is 24.3 Å². The highest BCUT2D eigenvalue weighted by Crippen LogP contribution is 2.38. The van der Waals surface area contributed by atoms with Crippen molar-refractivity contribution in [1.29, 1.82) is 0 Å². The molecule has 2 aromatic carbocycles. The van der Waals surface area contributed by atoms with Crippen LogP contribution in [0.5, 0.6) is 0 Å². The molecule has 1 heterocycles. The first-order valence-electron chi connectivity index (χ1n) is 9.41. The van der Waals surface area contributed by atoms with Crippen molar-refractivity contribution in [1.82, 2.24) is 9.88 Å². The van der Waals surface area contributed by atoms with Gasteiger partial charge in [0.1, 0.15) is 5.82 Å². The van der Waals surface area contributed by atoms with Crippen molar-refractivity contribution in [3.05, 3.63) is 101 Å². The minimum Gasteiger partial charge on any atom is -0.366 e. The van der Waals surface area contributed by atoms with Gasteiger partial charge >= 0.3 is 0 Å². The second-order valence-electron chi connectivity index (χ2n) is 7.09. The van der Waals surface area contributed by atoms with E-state index in [0.717, 1.165) is 17.5 Å². The van der Waals surface area contributed by atoms with Gasteiger partial charge in [0.15, 0.2) is 0 Å². The molecular formula is C23H20FN3O2. The molecule has 3 aromatic rings. The lowest BCUT2D eigenvalue weighted by Gasteiger charge is -2.30. The average molecular weight is 389 g/mol. The maximum atomic E-state index is 13.9. The average Bonchev–Trinajstić information content (AvgIpc) is 3.15. The van der Waals surface area contributed by atoms with Crippen molar-refractivity contribution in [2.24, 2.45) is 5.73 Å². The highest BCUT2D eigenvalue weighted by Gasteiger charge is 2.32. The quantitative estimate of drug-likeness (QED) is 0.724. The molecule has 0 bridgehead atoms. The van der Waals surface area contributed by atoms with Crippen LogP contribution in [0.25, 0.3) is 0 Å². The number of benzene rings is 2. The number of aromatic nitrogens is 1. The number of hydrogen-bond acceptors (Lipinski definition) is 3. The Balaban J connectivity index is 1.77. The summed E-state index contributed by atoms with van der Waals surface area (Å²) in [5.41, 5.74) is 8.82. The van der Waals surface area contributed by atoms with Gasteiger partial charge < -0.3 is 10.6 Å². The van der Waals surface area contributed by atoms with Gasteiger partial charge in [0.2, 0.25) is 5.91 Å². The predicted octanol–water partition coefficient (Wildman–Crippen LogP) is 3.65. The van der Waals surface area contributed by atoms with Crippen LogP contribution in [-0.2, 0) is 13.0 Å². The van der Waals surface area contributed by atoms with Gasteiger partial charge in [-0.25, -0.2) is 4.39 Å². The Bertz CT molecular complexity index is 1070. The number of rotatable bonds is 5. The van der Waals surface area contributed by atoms with E-state index in [4.69, 9.17) is 5.73 Å². The lowest BCUT2D eigenvalue weighted by molar-refractivity contribution is 0.0655. The summed E-state index contributed by atoms with van der Waals surface area (Å²) in [6.07, 6.45) is 4.55. The van der Waals surface area contributed by atoms with E-state index >= 15 is 0 Å². The summed E-state index contributed by atoms with van der Waals surface area (Å²) in [7, 11) is 0. The Labute approximate surface area is 168 Å². The maximum absolute atomic E-state index is 13.9. The number of halogens is 1. The number of primary amides is 1. The molecule has 1 aromatic heterocycles. The van der Waals surface area contributed by atoms with Gasteiger partial charge in [-0.3, -0.25) is 14.6 Å². The number of amides is 2. The van der Waals surface area contributed by atoms with E-state index in [1.807, 2.05) is 0 Å². The lowest BCUT2D eigenvalue weighted by Crippen LogP contribution is -2.34. The molecule has 1 atom stereocenters. The van der Waals surface area contributed by atoms with Gasteiger partial charge in [-0.2, -0.15) is 0 Å².